The monoisotopic (exact) mass is 232 g/mol. The predicted octanol–water partition coefficient (Wildman–Crippen LogP) is -4.92. The zero-order valence-electron chi connectivity index (χ0n) is 5.21. The van der Waals surface area contributed by atoms with Crippen molar-refractivity contribution in [2.24, 2.45) is 0 Å². The summed E-state index contributed by atoms with van der Waals surface area (Å²) in [6.07, 6.45) is 0. The van der Waals surface area contributed by atoms with Crippen LogP contribution in [0.2, 0.25) is 0 Å². The fourth-order valence-corrected chi connectivity index (χ4v) is 0. The van der Waals surface area contributed by atoms with Crippen molar-refractivity contribution in [3.63, 3.8) is 0 Å². The van der Waals surface area contributed by atoms with E-state index in [1.54, 1.807) is 0 Å². The fraction of sp³-hybridized carbons (Fsp3) is 1.00. The number of aliphatic hydroxyl groups is 1. The molecule has 0 unspecified atom stereocenters. The third-order valence-electron chi connectivity index (χ3n) is 0. The minimum absolute atomic E-state index is 0. The van der Waals surface area contributed by atoms with E-state index in [9.17, 15) is 0 Å². The Morgan fingerprint density at radius 1 is 0.600 bits per heavy atom. The molecule has 78 valence electrons. The van der Waals surface area contributed by atoms with Crippen molar-refractivity contribution in [1.82, 2.24) is 0 Å². The van der Waals surface area contributed by atoms with Gasteiger partial charge in [0.2, 0.25) is 0 Å². The standard InChI is InChI=1S/CH4O.ClH.Fe.6H2O/c1-2;;;;;;;;/h2H,1H3;1H;;6*1H2. The average Bonchev–Trinajstić information content (AvgIpc) is 1.00. The third kappa shape index (κ3) is 1720. The smallest absolute Gasteiger partial charge is 0.0319 e. The van der Waals surface area contributed by atoms with Crippen molar-refractivity contribution in [1.29, 1.82) is 0 Å². The van der Waals surface area contributed by atoms with Gasteiger partial charge in [-0.2, -0.15) is 0 Å². The maximum absolute atomic E-state index is 7.00. The van der Waals surface area contributed by atoms with Gasteiger partial charge in [-0.25, -0.2) is 0 Å². The summed E-state index contributed by atoms with van der Waals surface area (Å²) >= 11 is 0. The number of aliphatic hydroxyl groups excluding tert-OH is 1. The third-order valence-corrected chi connectivity index (χ3v) is 0. The summed E-state index contributed by atoms with van der Waals surface area (Å²) in [5, 5.41) is 7.00. The van der Waals surface area contributed by atoms with Gasteiger partial charge in [-0.15, -0.1) is 12.4 Å². The zero-order valence-corrected chi connectivity index (χ0v) is 7.13. The Kier molecular flexibility index (Phi) is 101000. The number of hydrogen-bond donors (Lipinski definition) is 1. The first kappa shape index (κ1) is 409. The molecule has 0 aliphatic rings. The molecule has 0 rings (SSSR count). The van der Waals surface area contributed by atoms with E-state index < -0.39 is 0 Å². The van der Waals surface area contributed by atoms with Gasteiger partial charge in [0.1, 0.15) is 0 Å². The minimum Gasteiger partial charge on any atom is -0.412 e. The summed E-state index contributed by atoms with van der Waals surface area (Å²) < 4.78 is 0. The molecule has 0 aliphatic heterocycles. The number of halogens is 1. The van der Waals surface area contributed by atoms with E-state index >= 15 is 0 Å². The van der Waals surface area contributed by atoms with Gasteiger partial charge in [-0.3, -0.25) is 0 Å². The van der Waals surface area contributed by atoms with E-state index in [1.807, 2.05) is 0 Å². The molecule has 0 radical (unpaired) electrons. The van der Waals surface area contributed by atoms with Gasteiger partial charge in [0.05, 0.1) is 0 Å². The molecule has 0 atom stereocenters. The Hall–Kier alpha value is 0.529. The van der Waals surface area contributed by atoms with E-state index in [1.165, 1.54) is 0 Å². The van der Waals surface area contributed by atoms with Crippen LogP contribution in [0.15, 0.2) is 0 Å². The van der Waals surface area contributed by atoms with Crippen LogP contribution in [0.3, 0.4) is 0 Å². The maximum Gasteiger partial charge on any atom is 0.0319 e. The Labute approximate surface area is 75.2 Å². The Morgan fingerprint density at radius 2 is 0.600 bits per heavy atom. The molecule has 0 aromatic carbocycles. The van der Waals surface area contributed by atoms with Gasteiger partial charge < -0.3 is 38.0 Å². The van der Waals surface area contributed by atoms with Crippen molar-refractivity contribution < 1.29 is 55.0 Å². The summed E-state index contributed by atoms with van der Waals surface area (Å²) in [6.45, 7) is 0. The molecule has 0 spiro atoms. The minimum atomic E-state index is 0. The summed E-state index contributed by atoms with van der Waals surface area (Å²) in [4.78, 5) is 0. The molecular formula is CH17ClFeO7. The van der Waals surface area contributed by atoms with Crippen molar-refractivity contribution in [2.45, 2.75) is 0 Å². The predicted molar refractivity (Wildman–Crippen MR) is 37.1 cm³/mol. The van der Waals surface area contributed by atoms with Gasteiger partial charge >= 0.3 is 0 Å². The van der Waals surface area contributed by atoms with Crippen LogP contribution >= 0.6 is 12.4 Å². The zero-order chi connectivity index (χ0) is 2.00. The summed E-state index contributed by atoms with van der Waals surface area (Å²) in [5.74, 6) is 0. The first-order valence-electron chi connectivity index (χ1n) is 0.447. The maximum atomic E-state index is 7.00. The van der Waals surface area contributed by atoms with Crippen molar-refractivity contribution >= 4 is 12.4 Å². The van der Waals surface area contributed by atoms with Crippen LogP contribution in [-0.4, -0.2) is 45.1 Å². The molecule has 13 N–H and O–H groups in total. The van der Waals surface area contributed by atoms with Crippen molar-refractivity contribution in [3.05, 3.63) is 0 Å². The van der Waals surface area contributed by atoms with Crippen LogP contribution in [0.1, 0.15) is 0 Å². The summed E-state index contributed by atoms with van der Waals surface area (Å²) in [5.41, 5.74) is 0. The van der Waals surface area contributed by atoms with Crippen LogP contribution < -0.4 is 0 Å². The molecule has 0 aliphatic carbocycles. The summed E-state index contributed by atoms with van der Waals surface area (Å²) in [6, 6.07) is 0. The molecular weight excluding hydrogens is 215 g/mol. The van der Waals surface area contributed by atoms with Gasteiger partial charge in [-0.05, 0) is 0 Å². The quantitative estimate of drug-likeness (QED) is 0.400. The molecule has 0 bridgehead atoms. The molecule has 0 saturated carbocycles. The van der Waals surface area contributed by atoms with Crippen LogP contribution in [0.5, 0.6) is 0 Å². The van der Waals surface area contributed by atoms with Gasteiger partial charge in [0.25, 0.3) is 0 Å². The first-order chi connectivity index (χ1) is 1.00. The number of hydrogen-bond acceptors (Lipinski definition) is 1. The van der Waals surface area contributed by atoms with Crippen LogP contribution in [-0.2, 0) is 17.1 Å². The molecule has 9 heteroatoms. The first-order valence-corrected chi connectivity index (χ1v) is 0.447. The SMILES string of the molecule is CO.Cl.O.O.O.O.O.O.[Fe]. The second kappa shape index (κ2) is 2470. The topological polar surface area (TPSA) is 209 Å². The van der Waals surface area contributed by atoms with Crippen LogP contribution in [0.4, 0.5) is 0 Å². The summed E-state index contributed by atoms with van der Waals surface area (Å²) in [7, 11) is 1.00. The Morgan fingerprint density at radius 3 is 0.600 bits per heavy atom. The molecule has 0 heterocycles. The van der Waals surface area contributed by atoms with Crippen LogP contribution in [0.25, 0.3) is 0 Å². The molecule has 0 aromatic rings. The van der Waals surface area contributed by atoms with Crippen molar-refractivity contribution in [3.8, 4) is 0 Å². The van der Waals surface area contributed by atoms with E-state index in [0.717, 1.165) is 7.11 Å². The molecule has 0 aromatic heterocycles. The Balaban J connectivity index is -0.000000000179. The van der Waals surface area contributed by atoms with Gasteiger partial charge in [0, 0.05) is 24.2 Å². The van der Waals surface area contributed by atoms with Crippen LogP contribution in [0, 0.1) is 0 Å². The molecule has 0 fully saturated rings. The van der Waals surface area contributed by atoms with E-state index in [-0.39, 0.29) is 62.3 Å². The Bertz CT molecular complexity index is 13.6. The molecule has 7 nitrogen and oxygen atoms in total. The molecule has 0 amide bonds. The van der Waals surface area contributed by atoms with E-state index in [2.05, 4.69) is 0 Å². The van der Waals surface area contributed by atoms with Gasteiger partial charge in [-0.1, -0.05) is 0 Å². The second-order valence-electron chi connectivity index (χ2n) is 0. The fourth-order valence-electron chi connectivity index (χ4n) is 0. The second-order valence-corrected chi connectivity index (χ2v) is 0. The average molecular weight is 232 g/mol. The van der Waals surface area contributed by atoms with E-state index in [0.29, 0.717) is 0 Å². The number of rotatable bonds is 0. The normalized spacial score (nSPS) is 0.600. The van der Waals surface area contributed by atoms with E-state index in [4.69, 9.17) is 5.11 Å². The van der Waals surface area contributed by atoms with Crippen molar-refractivity contribution in [2.75, 3.05) is 7.11 Å². The van der Waals surface area contributed by atoms with Gasteiger partial charge in [0.15, 0.2) is 0 Å². The molecule has 0 saturated heterocycles. The largest absolute Gasteiger partial charge is 0.412 e. The molecule has 10 heavy (non-hydrogen) atoms.